The first-order valence-corrected chi connectivity index (χ1v) is 6.41. The molecule has 2 amide bonds. The van der Waals surface area contributed by atoms with E-state index in [0.717, 1.165) is 19.3 Å². The lowest BCUT2D eigenvalue weighted by atomic mass is 9.53. The summed E-state index contributed by atoms with van der Waals surface area (Å²) in [6.45, 7) is 2.49. The van der Waals surface area contributed by atoms with E-state index in [0.29, 0.717) is 12.5 Å². The minimum atomic E-state index is -0.807. The van der Waals surface area contributed by atoms with E-state index in [1.54, 1.807) is 0 Å². The lowest BCUT2D eigenvalue weighted by Crippen LogP contribution is -2.54. The summed E-state index contributed by atoms with van der Waals surface area (Å²) < 4.78 is 0. The van der Waals surface area contributed by atoms with Gasteiger partial charge in [0, 0.05) is 12.0 Å². The molecular formula is C13H20N2O3. The zero-order valence-corrected chi connectivity index (χ0v) is 10.6. The molecule has 0 spiro atoms. The van der Waals surface area contributed by atoms with Crippen molar-refractivity contribution >= 4 is 12.0 Å². The number of nitrogens with two attached hydrogens (primary N) is 1. The zero-order valence-electron chi connectivity index (χ0n) is 10.6. The molecule has 0 saturated heterocycles. The Kier molecular flexibility index (Phi) is 3.32. The van der Waals surface area contributed by atoms with Crippen LogP contribution in [0.5, 0.6) is 0 Å². The molecule has 2 aliphatic carbocycles. The number of primary amides is 1. The van der Waals surface area contributed by atoms with E-state index in [1.807, 2.05) is 0 Å². The quantitative estimate of drug-likeness (QED) is 0.647. The fraction of sp³-hybridized carbons (Fsp3) is 0.692. The molecule has 1 fully saturated rings. The van der Waals surface area contributed by atoms with E-state index < -0.39 is 12.0 Å². The Morgan fingerprint density at radius 2 is 2.33 bits per heavy atom. The molecule has 0 aliphatic heterocycles. The summed E-state index contributed by atoms with van der Waals surface area (Å²) in [4.78, 5) is 21.9. The number of carboxylic acids is 1. The number of allylic oxidation sites excluding steroid dienone is 2. The summed E-state index contributed by atoms with van der Waals surface area (Å²) in [5.41, 5.74) is 6.17. The SMILES string of the molecule is CCC1=CC2C(C1)CC2(CNC(N)=O)CC(=O)O. The maximum Gasteiger partial charge on any atom is 0.312 e. The van der Waals surface area contributed by atoms with Crippen molar-refractivity contribution in [3.63, 3.8) is 0 Å². The van der Waals surface area contributed by atoms with Crippen molar-refractivity contribution in [2.45, 2.75) is 32.6 Å². The van der Waals surface area contributed by atoms with Gasteiger partial charge in [-0.25, -0.2) is 4.79 Å². The van der Waals surface area contributed by atoms with Gasteiger partial charge in [-0.15, -0.1) is 0 Å². The number of nitrogens with one attached hydrogen (secondary N) is 1. The van der Waals surface area contributed by atoms with Crippen molar-refractivity contribution in [2.75, 3.05) is 6.54 Å². The molecule has 2 rings (SSSR count). The fourth-order valence-electron chi connectivity index (χ4n) is 3.56. The highest BCUT2D eigenvalue weighted by molar-refractivity contribution is 5.72. The molecule has 4 N–H and O–H groups in total. The second-order valence-corrected chi connectivity index (χ2v) is 5.52. The molecule has 0 aromatic rings. The Morgan fingerprint density at radius 1 is 1.61 bits per heavy atom. The number of amides is 2. The highest BCUT2D eigenvalue weighted by Gasteiger charge is 2.55. The Balaban J connectivity index is 2.10. The molecule has 3 unspecified atom stereocenters. The summed E-state index contributed by atoms with van der Waals surface area (Å²) in [6.07, 6.45) is 5.30. The number of carbonyl (C=O) groups excluding carboxylic acids is 1. The van der Waals surface area contributed by atoms with Crippen LogP contribution in [0.3, 0.4) is 0 Å². The summed E-state index contributed by atoms with van der Waals surface area (Å²) >= 11 is 0. The number of hydrogen-bond donors (Lipinski definition) is 3. The van der Waals surface area contributed by atoms with Crippen LogP contribution in [0.4, 0.5) is 4.79 Å². The molecule has 5 heteroatoms. The van der Waals surface area contributed by atoms with Crippen LogP contribution in [0, 0.1) is 17.3 Å². The standard InChI is InChI=1S/C13H20N2O3/c1-2-8-3-9-5-13(6-11(16)17,10(9)4-8)7-15-12(14)18/h4,9-10H,2-3,5-7H2,1H3,(H,16,17)(H3,14,15,18). The molecular weight excluding hydrogens is 232 g/mol. The van der Waals surface area contributed by atoms with Crippen LogP contribution in [0.1, 0.15) is 32.6 Å². The van der Waals surface area contributed by atoms with E-state index in [-0.39, 0.29) is 17.8 Å². The molecule has 0 aromatic heterocycles. The van der Waals surface area contributed by atoms with Gasteiger partial charge in [-0.05, 0) is 31.1 Å². The van der Waals surface area contributed by atoms with Crippen molar-refractivity contribution in [3.05, 3.63) is 11.6 Å². The van der Waals surface area contributed by atoms with Gasteiger partial charge in [0.05, 0.1) is 6.42 Å². The van der Waals surface area contributed by atoms with Crippen LogP contribution >= 0.6 is 0 Å². The van der Waals surface area contributed by atoms with Gasteiger partial charge in [0.15, 0.2) is 0 Å². The molecule has 0 aromatic carbocycles. The molecule has 5 nitrogen and oxygen atoms in total. The summed E-state index contributed by atoms with van der Waals surface area (Å²) in [6, 6.07) is -0.582. The molecule has 2 aliphatic rings. The van der Waals surface area contributed by atoms with Gasteiger partial charge in [0.25, 0.3) is 0 Å². The Morgan fingerprint density at radius 3 is 2.89 bits per heavy atom. The largest absolute Gasteiger partial charge is 0.481 e. The van der Waals surface area contributed by atoms with Crippen LogP contribution in [0.25, 0.3) is 0 Å². The molecule has 0 radical (unpaired) electrons. The third-order valence-corrected chi connectivity index (χ3v) is 4.40. The van der Waals surface area contributed by atoms with Crippen molar-refractivity contribution in [2.24, 2.45) is 23.0 Å². The highest BCUT2D eigenvalue weighted by Crippen LogP contribution is 2.59. The third-order valence-electron chi connectivity index (χ3n) is 4.40. The van der Waals surface area contributed by atoms with Crippen molar-refractivity contribution < 1.29 is 14.7 Å². The number of urea groups is 1. The van der Waals surface area contributed by atoms with Crippen LogP contribution in [-0.2, 0) is 4.79 Å². The number of hydrogen-bond acceptors (Lipinski definition) is 2. The zero-order chi connectivity index (χ0) is 13.3. The molecule has 3 atom stereocenters. The van der Waals surface area contributed by atoms with E-state index >= 15 is 0 Å². The van der Waals surface area contributed by atoms with Crippen LogP contribution < -0.4 is 11.1 Å². The van der Waals surface area contributed by atoms with Gasteiger partial charge in [-0.3, -0.25) is 4.79 Å². The first-order valence-electron chi connectivity index (χ1n) is 6.41. The second kappa shape index (κ2) is 4.63. The van der Waals surface area contributed by atoms with Crippen molar-refractivity contribution in [3.8, 4) is 0 Å². The van der Waals surface area contributed by atoms with E-state index in [1.165, 1.54) is 5.57 Å². The lowest BCUT2D eigenvalue weighted by Gasteiger charge is -2.51. The normalized spacial score (nSPS) is 33.3. The average molecular weight is 252 g/mol. The topological polar surface area (TPSA) is 92.4 Å². The first kappa shape index (κ1) is 12.9. The maximum atomic E-state index is 11.0. The minimum absolute atomic E-state index is 0.0991. The monoisotopic (exact) mass is 252 g/mol. The smallest absolute Gasteiger partial charge is 0.312 e. The lowest BCUT2D eigenvalue weighted by molar-refractivity contribution is -0.144. The molecule has 18 heavy (non-hydrogen) atoms. The molecule has 0 heterocycles. The number of rotatable bonds is 5. The van der Waals surface area contributed by atoms with Crippen LogP contribution in [0.15, 0.2) is 11.6 Å². The third kappa shape index (κ3) is 2.21. The Hall–Kier alpha value is -1.52. The summed E-state index contributed by atoms with van der Waals surface area (Å²) in [7, 11) is 0. The number of carbonyl (C=O) groups is 2. The average Bonchev–Trinajstić information content (AvgIpc) is 2.62. The first-order chi connectivity index (χ1) is 8.47. The Bertz CT molecular complexity index is 405. The number of aliphatic carboxylic acids is 1. The van der Waals surface area contributed by atoms with Gasteiger partial charge in [-0.2, -0.15) is 0 Å². The summed E-state index contributed by atoms with van der Waals surface area (Å²) in [5.74, 6) is 0.0439. The second-order valence-electron chi connectivity index (χ2n) is 5.52. The Labute approximate surface area is 106 Å². The van der Waals surface area contributed by atoms with Gasteiger partial charge < -0.3 is 16.2 Å². The van der Waals surface area contributed by atoms with Crippen LogP contribution in [-0.4, -0.2) is 23.7 Å². The van der Waals surface area contributed by atoms with Gasteiger partial charge in [0.2, 0.25) is 0 Å². The van der Waals surface area contributed by atoms with Crippen molar-refractivity contribution in [1.29, 1.82) is 0 Å². The maximum absolute atomic E-state index is 11.0. The van der Waals surface area contributed by atoms with E-state index in [4.69, 9.17) is 10.8 Å². The number of carboxylic acid groups (broad SMARTS) is 1. The predicted molar refractivity (Wildman–Crippen MR) is 66.9 cm³/mol. The molecule has 1 saturated carbocycles. The predicted octanol–water partition coefficient (Wildman–Crippen LogP) is 1.49. The van der Waals surface area contributed by atoms with Gasteiger partial charge >= 0.3 is 12.0 Å². The van der Waals surface area contributed by atoms with Crippen molar-refractivity contribution in [1.82, 2.24) is 5.32 Å². The highest BCUT2D eigenvalue weighted by atomic mass is 16.4. The van der Waals surface area contributed by atoms with E-state index in [9.17, 15) is 9.59 Å². The van der Waals surface area contributed by atoms with E-state index in [2.05, 4.69) is 18.3 Å². The minimum Gasteiger partial charge on any atom is -0.481 e. The summed E-state index contributed by atoms with van der Waals surface area (Å²) in [5, 5.41) is 11.6. The molecule has 100 valence electrons. The molecule has 0 bridgehead atoms. The van der Waals surface area contributed by atoms with Gasteiger partial charge in [0.1, 0.15) is 0 Å². The fourth-order valence-corrected chi connectivity index (χ4v) is 3.56. The van der Waals surface area contributed by atoms with Gasteiger partial charge in [-0.1, -0.05) is 18.6 Å². The number of fused-ring (bicyclic) bond motifs is 1. The van der Waals surface area contributed by atoms with Crippen LogP contribution in [0.2, 0.25) is 0 Å².